The monoisotopic (exact) mass is 534 g/mol. The molecular weight excluding hydrogens is 500 g/mol. The van der Waals surface area contributed by atoms with Crippen molar-refractivity contribution in [2.75, 3.05) is 49.8 Å². The van der Waals surface area contributed by atoms with Crippen LogP contribution < -0.4 is 33.2 Å². The average Bonchev–Trinajstić information content (AvgIpc) is 2.98. The molecule has 0 aliphatic carbocycles. The molecule has 0 aromatic heterocycles. The van der Waals surface area contributed by atoms with Crippen LogP contribution in [0.2, 0.25) is 0 Å². The zero-order chi connectivity index (χ0) is 28.1. The van der Waals surface area contributed by atoms with Crippen molar-refractivity contribution < 1.29 is 38.3 Å². The van der Waals surface area contributed by atoms with E-state index in [1.54, 1.807) is 61.9 Å². The van der Waals surface area contributed by atoms with Crippen molar-refractivity contribution >= 4 is 10.8 Å². The second-order valence-corrected chi connectivity index (χ2v) is 8.83. The van der Waals surface area contributed by atoms with Crippen molar-refractivity contribution in [1.29, 1.82) is 0 Å². The fourth-order valence-corrected chi connectivity index (χ4v) is 4.82. The third kappa shape index (κ3) is 5.41. The van der Waals surface area contributed by atoms with Gasteiger partial charge in [0.15, 0.2) is 0 Å². The largest absolute Gasteiger partial charge is 0.507 e. The van der Waals surface area contributed by atoms with E-state index < -0.39 is 0 Å². The van der Waals surface area contributed by atoms with Gasteiger partial charge in [-0.05, 0) is 28.6 Å². The molecule has 0 fully saturated rings. The van der Waals surface area contributed by atoms with Gasteiger partial charge in [0.2, 0.25) is 0 Å². The van der Waals surface area contributed by atoms with Crippen molar-refractivity contribution in [3.63, 3.8) is 0 Å². The standard InChI is InChI=1S/C31H34O8/c1-33-20-8-9-23-18(11-25-27(36-4)14-21(34-2)15-28(25)37-5)10-19(31(32)24(23)13-20)12-26-29(38-6)16-22(35-3)17-30(26)39-7/h8-10,13-17,32H,11-12H2,1-7H3. The molecule has 4 aromatic rings. The number of phenolic OH excluding ortho intramolecular Hbond substituents is 1. The summed E-state index contributed by atoms with van der Waals surface area (Å²) in [6.07, 6.45) is 0.822. The number of hydrogen-bond acceptors (Lipinski definition) is 8. The number of methoxy groups -OCH3 is 7. The van der Waals surface area contributed by atoms with Crippen LogP contribution in [0.15, 0.2) is 48.5 Å². The molecule has 39 heavy (non-hydrogen) atoms. The number of fused-ring (bicyclic) bond motifs is 1. The lowest BCUT2D eigenvalue weighted by molar-refractivity contribution is 0.369. The van der Waals surface area contributed by atoms with Crippen LogP contribution in [0, 0.1) is 0 Å². The number of hydrogen-bond donors (Lipinski definition) is 1. The molecule has 0 aliphatic heterocycles. The third-order valence-electron chi connectivity index (χ3n) is 6.85. The summed E-state index contributed by atoms with van der Waals surface area (Å²) in [7, 11) is 11.2. The number of rotatable bonds is 11. The van der Waals surface area contributed by atoms with Gasteiger partial charge >= 0.3 is 0 Å². The zero-order valence-corrected chi connectivity index (χ0v) is 23.3. The molecular formula is C31H34O8. The van der Waals surface area contributed by atoms with E-state index in [4.69, 9.17) is 33.2 Å². The van der Waals surface area contributed by atoms with E-state index in [2.05, 4.69) is 0 Å². The molecule has 4 rings (SSSR count). The maximum Gasteiger partial charge on any atom is 0.129 e. The first kappa shape index (κ1) is 27.6. The Morgan fingerprint density at radius 1 is 0.462 bits per heavy atom. The highest BCUT2D eigenvalue weighted by molar-refractivity contribution is 5.93. The van der Waals surface area contributed by atoms with Crippen LogP contribution in [0.3, 0.4) is 0 Å². The van der Waals surface area contributed by atoms with Crippen molar-refractivity contribution in [1.82, 2.24) is 0 Å². The molecule has 0 aliphatic rings. The second kappa shape index (κ2) is 11.9. The van der Waals surface area contributed by atoms with Gasteiger partial charge in [0.25, 0.3) is 0 Å². The summed E-state index contributed by atoms with van der Waals surface area (Å²) >= 11 is 0. The number of aromatic hydroxyl groups is 1. The number of benzene rings is 4. The Hall–Kier alpha value is -4.46. The van der Waals surface area contributed by atoms with Gasteiger partial charge in [-0.25, -0.2) is 0 Å². The highest BCUT2D eigenvalue weighted by Crippen LogP contribution is 2.42. The van der Waals surface area contributed by atoms with Crippen molar-refractivity contribution in [3.05, 3.63) is 70.8 Å². The van der Waals surface area contributed by atoms with Gasteiger partial charge in [-0.1, -0.05) is 12.1 Å². The van der Waals surface area contributed by atoms with E-state index in [9.17, 15) is 5.11 Å². The SMILES string of the molecule is COc1cc(OC)c(Cc2cc(Cc3c(OC)cc(OC)cc3OC)c3ccc(OC)cc3c2O)c(OC)c1. The summed E-state index contributed by atoms with van der Waals surface area (Å²) < 4.78 is 39.0. The first-order valence-electron chi connectivity index (χ1n) is 12.3. The van der Waals surface area contributed by atoms with Crippen LogP contribution in [0.25, 0.3) is 10.8 Å². The highest BCUT2D eigenvalue weighted by atomic mass is 16.5. The summed E-state index contributed by atoms with van der Waals surface area (Å²) in [4.78, 5) is 0. The van der Waals surface area contributed by atoms with Crippen LogP contribution in [0.1, 0.15) is 22.3 Å². The Morgan fingerprint density at radius 3 is 1.31 bits per heavy atom. The molecule has 0 saturated carbocycles. The summed E-state index contributed by atoms with van der Waals surface area (Å²) in [5, 5.41) is 13.0. The second-order valence-electron chi connectivity index (χ2n) is 8.83. The van der Waals surface area contributed by atoms with Gasteiger partial charge in [-0.15, -0.1) is 0 Å². The fraction of sp³-hybridized carbons (Fsp3) is 0.290. The molecule has 0 atom stereocenters. The molecule has 0 spiro atoms. The average molecular weight is 535 g/mol. The summed E-state index contributed by atoms with van der Waals surface area (Å²) in [6, 6.07) is 14.9. The predicted molar refractivity (Wildman–Crippen MR) is 150 cm³/mol. The third-order valence-corrected chi connectivity index (χ3v) is 6.85. The van der Waals surface area contributed by atoms with Crippen molar-refractivity contribution in [2.24, 2.45) is 0 Å². The Bertz CT molecular complexity index is 1430. The van der Waals surface area contributed by atoms with Gasteiger partial charge in [-0.2, -0.15) is 0 Å². The molecule has 4 aromatic carbocycles. The van der Waals surface area contributed by atoms with E-state index in [0.717, 1.165) is 22.1 Å². The first-order valence-corrected chi connectivity index (χ1v) is 12.3. The molecule has 0 amide bonds. The van der Waals surface area contributed by atoms with Crippen LogP contribution in [-0.4, -0.2) is 54.9 Å². The lowest BCUT2D eigenvalue weighted by Gasteiger charge is -2.19. The van der Waals surface area contributed by atoms with E-state index in [-0.39, 0.29) is 5.75 Å². The fourth-order valence-electron chi connectivity index (χ4n) is 4.82. The molecule has 8 nitrogen and oxygen atoms in total. The minimum Gasteiger partial charge on any atom is -0.507 e. The van der Waals surface area contributed by atoms with Crippen molar-refractivity contribution in [2.45, 2.75) is 12.8 Å². The predicted octanol–water partition coefficient (Wildman–Crippen LogP) is 5.79. The van der Waals surface area contributed by atoms with Gasteiger partial charge in [-0.3, -0.25) is 0 Å². The molecule has 0 saturated heterocycles. The lowest BCUT2D eigenvalue weighted by Crippen LogP contribution is -2.03. The molecule has 8 heteroatoms. The van der Waals surface area contributed by atoms with Crippen LogP contribution in [0.4, 0.5) is 0 Å². The van der Waals surface area contributed by atoms with E-state index in [0.29, 0.717) is 64.0 Å². The first-order chi connectivity index (χ1) is 18.9. The van der Waals surface area contributed by atoms with Crippen LogP contribution in [-0.2, 0) is 12.8 Å². The Labute approximate surface area is 228 Å². The smallest absolute Gasteiger partial charge is 0.129 e. The zero-order valence-electron chi connectivity index (χ0n) is 23.3. The van der Waals surface area contributed by atoms with E-state index >= 15 is 0 Å². The van der Waals surface area contributed by atoms with E-state index in [1.165, 1.54) is 0 Å². The minimum absolute atomic E-state index is 0.154. The van der Waals surface area contributed by atoms with Crippen molar-refractivity contribution in [3.8, 4) is 46.0 Å². The van der Waals surface area contributed by atoms with Gasteiger partial charge < -0.3 is 38.3 Å². The van der Waals surface area contributed by atoms with Gasteiger partial charge in [0, 0.05) is 53.6 Å². The lowest BCUT2D eigenvalue weighted by atomic mass is 9.91. The topological polar surface area (TPSA) is 84.8 Å². The summed E-state index contributed by atoms with van der Waals surface area (Å²) in [6.45, 7) is 0. The van der Waals surface area contributed by atoms with Gasteiger partial charge in [0.1, 0.15) is 46.0 Å². The highest BCUT2D eigenvalue weighted by Gasteiger charge is 2.21. The minimum atomic E-state index is 0.154. The quantitative estimate of drug-likeness (QED) is 0.259. The summed E-state index contributed by atoms with van der Waals surface area (Å²) in [5.41, 5.74) is 3.30. The van der Waals surface area contributed by atoms with Crippen LogP contribution in [0.5, 0.6) is 46.0 Å². The Balaban J connectivity index is 1.93. The van der Waals surface area contributed by atoms with E-state index in [1.807, 2.05) is 36.4 Å². The number of phenols is 1. The molecule has 1 N–H and O–H groups in total. The summed E-state index contributed by atoms with van der Waals surface area (Å²) in [5.74, 6) is 4.50. The molecule has 0 bridgehead atoms. The maximum absolute atomic E-state index is 11.5. The molecule has 0 radical (unpaired) electrons. The number of ether oxygens (including phenoxy) is 7. The Kier molecular flexibility index (Phi) is 8.44. The molecule has 0 unspecified atom stereocenters. The van der Waals surface area contributed by atoms with Gasteiger partial charge in [0.05, 0.1) is 49.8 Å². The normalized spacial score (nSPS) is 10.7. The molecule has 0 heterocycles. The molecule has 206 valence electrons. The Morgan fingerprint density at radius 2 is 0.897 bits per heavy atom. The van der Waals surface area contributed by atoms with Crippen LogP contribution >= 0.6 is 0 Å². The maximum atomic E-state index is 11.5.